The molecule has 5 rings (SSSR count). The molecule has 3 N–H and O–H groups in total. The van der Waals surface area contributed by atoms with E-state index in [0.29, 0.717) is 5.82 Å². The molecule has 1 heterocycles. The number of carboxylic acids is 1. The van der Waals surface area contributed by atoms with Crippen LogP contribution in [-0.2, 0) is 4.74 Å². The van der Waals surface area contributed by atoms with Crippen molar-refractivity contribution in [2.45, 2.75) is 24.7 Å². The Morgan fingerprint density at radius 3 is 2.28 bits per heavy atom. The number of nitrogens with one attached hydrogen (secondary N) is 2. The summed E-state index contributed by atoms with van der Waals surface area (Å²) in [5.74, 6) is -0.397. The molecular weight excluding hydrogens is 370 g/mol. The van der Waals surface area contributed by atoms with Crippen molar-refractivity contribution in [1.29, 1.82) is 0 Å². The first-order chi connectivity index (χ1) is 14.1. The van der Waals surface area contributed by atoms with Crippen LogP contribution < -0.4 is 5.32 Å². The van der Waals surface area contributed by atoms with Gasteiger partial charge in [-0.25, -0.2) is 14.6 Å². The van der Waals surface area contributed by atoms with Gasteiger partial charge in [0.25, 0.3) is 0 Å². The highest BCUT2D eigenvalue weighted by Crippen LogP contribution is 2.44. The summed E-state index contributed by atoms with van der Waals surface area (Å²) in [6.07, 6.45) is 1.22. The first-order valence-electron chi connectivity index (χ1n) is 9.57. The number of hydrogen-bond donors (Lipinski definition) is 3. The van der Waals surface area contributed by atoms with E-state index in [2.05, 4.69) is 27.4 Å². The largest absolute Gasteiger partial charge is 0.476 e. The number of fused-ring (bicyclic) bond motifs is 3. The lowest BCUT2D eigenvalue weighted by molar-refractivity contribution is 0.0692. The normalized spacial score (nSPS) is 14.9. The van der Waals surface area contributed by atoms with Gasteiger partial charge in [-0.1, -0.05) is 48.5 Å². The number of anilines is 1. The van der Waals surface area contributed by atoms with E-state index in [1.54, 1.807) is 0 Å². The predicted octanol–water partition coefficient (Wildman–Crippen LogP) is 4.35. The minimum absolute atomic E-state index is 0.00313. The summed E-state index contributed by atoms with van der Waals surface area (Å²) in [5.41, 5.74) is 4.39. The third-order valence-corrected chi connectivity index (χ3v) is 5.46. The van der Waals surface area contributed by atoms with Crippen molar-refractivity contribution in [1.82, 2.24) is 9.97 Å². The number of hydrogen-bond acceptors (Lipinski definition) is 4. The monoisotopic (exact) mass is 389 g/mol. The average molecular weight is 389 g/mol. The van der Waals surface area contributed by atoms with Crippen LogP contribution in [0.25, 0.3) is 11.1 Å². The Kier molecular flexibility index (Phi) is 4.08. The quantitative estimate of drug-likeness (QED) is 0.602. The van der Waals surface area contributed by atoms with Gasteiger partial charge < -0.3 is 14.8 Å². The fourth-order valence-electron chi connectivity index (χ4n) is 3.92. The number of aromatic amines is 1. The Morgan fingerprint density at radius 2 is 1.69 bits per heavy atom. The number of aromatic carboxylic acids is 1. The zero-order valence-electron chi connectivity index (χ0n) is 15.5. The molecule has 0 spiro atoms. The van der Waals surface area contributed by atoms with Crippen LogP contribution in [0.15, 0.2) is 48.5 Å². The number of rotatable bonds is 5. The molecule has 1 amide bonds. The molecule has 2 aromatic carbocycles. The number of carboxylic acid groups (broad SMARTS) is 1. The van der Waals surface area contributed by atoms with E-state index in [1.807, 2.05) is 36.4 Å². The second-order valence-corrected chi connectivity index (χ2v) is 7.38. The van der Waals surface area contributed by atoms with Crippen LogP contribution in [0.2, 0.25) is 0 Å². The van der Waals surface area contributed by atoms with Crippen LogP contribution in [-0.4, -0.2) is 33.7 Å². The Balaban J connectivity index is 1.32. The lowest BCUT2D eigenvalue weighted by Crippen LogP contribution is -2.19. The minimum atomic E-state index is -1.17. The number of imidazole rings is 1. The Labute approximate surface area is 166 Å². The number of aromatic nitrogens is 2. The van der Waals surface area contributed by atoms with E-state index in [1.165, 1.54) is 0 Å². The van der Waals surface area contributed by atoms with E-state index in [0.717, 1.165) is 35.1 Å². The zero-order chi connectivity index (χ0) is 20.0. The summed E-state index contributed by atoms with van der Waals surface area (Å²) in [4.78, 5) is 30.8. The lowest BCUT2D eigenvalue weighted by Gasteiger charge is -2.14. The molecular formula is C22H19N3O4. The molecule has 146 valence electrons. The van der Waals surface area contributed by atoms with Crippen LogP contribution in [0.1, 0.15) is 52.1 Å². The lowest BCUT2D eigenvalue weighted by atomic mass is 9.98. The smallest absolute Gasteiger partial charge is 0.412 e. The Bertz CT molecular complexity index is 1070. The Morgan fingerprint density at radius 1 is 1.07 bits per heavy atom. The molecule has 0 bridgehead atoms. The fourth-order valence-corrected chi connectivity index (χ4v) is 3.92. The van der Waals surface area contributed by atoms with Crippen molar-refractivity contribution >= 4 is 17.9 Å². The van der Waals surface area contributed by atoms with Gasteiger partial charge in [-0.15, -0.1) is 0 Å². The number of ether oxygens (including phenoxy) is 1. The minimum Gasteiger partial charge on any atom is -0.476 e. The van der Waals surface area contributed by atoms with Crippen molar-refractivity contribution in [3.8, 4) is 11.1 Å². The van der Waals surface area contributed by atoms with E-state index in [4.69, 9.17) is 4.74 Å². The van der Waals surface area contributed by atoms with Crippen LogP contribution in [0.4, 0.5) is 10.6 Å². The summed E-state index contributed by atoms with van der Waals surface area (Å²) in [6.45, 7) is 0.155. The molecule has 7 nitrogen and oxygen atoms in total. The highest BCUT2D eigenvalue weighted by Gasteiger charge is 2.31. The van der Waals surface area contributed by atoms with E-state index >= 15 is 0 Å². The summed E-state index contributed by atoms with van der Waals surface area (Å²) >= 11 is 0. The highest BCUT2D eigenvalue weighted by molar-refractivity contribution is 5.96. The van der Waals surface area contributed by atoms with Crippen molar-refractivity contribution in [2.24, 2.45) is 0 Å². The molecule has 1 saturated carbocycles. The second-order valence-electron chi connectivity index (χ2n) is 7.38. The molecule has 0 aliphatic heterocycles. The fraction of sp³-hybridized carbons (Fsp3) is 0.227. The van der Waals surface area contributed by atoms with Crippen molar-refractivity contribution in [3.05, 3.63) is 71.2 Å². The third-order valence-electron chi connectivity index (χ3n) is 5.46. The van der Waals surface area contributed by atoms with Crippen molar-refractivity contribution in [3.63, 3.8) is 0 Å². The molecule has 0 unspecified atom stereocenters. The third kappa shape index (κ3) is 3.14. The summed E-state index contributed by atoms with van der Waals surface area (Å²) in [5, 5.41) is 11.8. The molecule has 3 aromatic rings. The predicted molar refractivity (Wildman–Crippen MR) is 106 cm³/mol. The molecule has 1 aromatic heterocycles. The Hall–Kier alpha value is -3.61. The van der Waals surface area contributed by atoms with Gasteiger partial charge in [0, 0.05) is 11.8 Å². The van der Waals surface area contributed by atoms with Gasteiger partial charge in [0.15, 0.2) is 11.5 Å². The average Bonchev–Trinajstić information content (AvgIpc) is 3.41. The van der Waals surface area contributed by atoms with Gasteiger partial charge in [-0.3, -0.25) is 5.32 Å². The van der Waals surface area contributed by atoms with Crippen LogP contribution >= 0.6 is 0 Å². The van der Waals surface area contributed by atoms with E-state index in [9.17, 15) is 14.7 Å². The summed E-state index contributed by atoms with van der Waals surface area (Å²) in [6, 6.07) is 16.1. The number of H-pyrrole nitrogens is 1. The van der Waals surface area contributed by atoms with Gasteiger partial charge in [-0.2, -0.15) is 0 Å². The van der Waals surface area contributed by atoms with Crippen LogP contribution in [0.3, 0.4) is 0 Å². The van der Waals surface area contributed by atoms with E-state index < -0.39 is 12.1 Å². The summed E-state index contributed by atoms with van der Waals surface area (Å²) in [7, 11) is 0. The van der Waals surface area contributed by atoms with Gasteiger partial charge in [0.05, 0.1) is 0 Å². The number of benzene rings is 2. The molecule has 2 aliphatic carbocycles. The molecule has 7 heteroatoms. The van der Waals surface area contributed by atoms with Gasteiger partial charge >= 0.3 is 12.1 Å². The number of carbonyl (C=O) groups is 2. The highest BCUT2D eigenvalue weighted by atomic mass is 16.5. The first kappa shape index (κ1) is 17.5. The number of amides is 1. The molecule has 1 fully saturated rings. The van der Waals surface area contributed by atoms with Crippen molar-refractivity contribution in [2.75, 3.05) is 11.9 Å². The zero-order valence-corrected chi connectivity index (χ0v) is 15.5. The maximum absolute atomic E-state index is 12.4. The molecule has 0 atom stereocenters. The summed E-state index contributed by atoms with van der Waals surface area (Å²) < 4.78 is 5.47. The molecule has 29 heavy (non-hydrogen) atoms. The first-order valence-corrected chi connectivity index (χ1v) is 9.57. The SMILES string of the molecule is O=C(Nc1nc(C2CC2)[nH]c1C(=O)O)OCC1c2ccccc2-c2ccccc21. The maximum Gasteiger partial charge on any atom is 0.412 e. The molecule has 0 saturated heterocycles. The maximum atomic E-state index is 12.4. The number of nitrogens with zero attached hydrogens (tertiary/aromatic N) is 1. The molecule has 0 radical (unpaired) electrons. The van der Waals surface area contributed by atoms with Gasteiger partial charge in [0.1, 0.15) is 12.4 Å². The number of carbonyl (C=O) groups excluding carboxylic acids is 1. The van der Waals surface area contributed by atoms with Crippen LogP contribution in [0, 0.1) is 0 Å². The molecule has 2 aliphatic rings. The second kappa shape index (κ2) is 6.77. The van der Waals surface area contributed by atoms with Crippen molar-refractivity contribution < 1.29 is 19.4 Å². The topological polar surface area (TPSA) is 104 Å². The van der Waals surface area contributed by atoms with E-state index in [-0.39, 0.29) is 30.0 Å². The van der Waals surface area contributed by atoms with Crippen LogP contribution in [0.5, 0.6) is 0 Å². The van der Waals surface area contributed by atoms with Gasteiger partial charge in [-0.05, 0) is 35.1 Å². The standard InChI is InChI=1S/C22H19N3O4/c26-21(27)18-20(24-19(23-18)12-9-10-12)25-22(28)29-11-17-15-7-3-1-5-13(15)14-6-2-4-8-16(14)17/h1-8,12,17H,9-11H2,(H,23,24)(H,25,28)(H,26,27). The van der Waals surface area contributed by atoms with Gasteiger partial charge in [0.2, 0.25) is 0 Å².